The maximum absolute atomic E-state index is 13.9. The first-order chi connectivity index (χ1) is 16.6. The van der Waals surface area contributed by atoms with Crippen LogP contribution in [0.2, 0.25) is 10.0 Å². The fourth-order valence-electron chi connectivity index (χ4n) is 4.92. The molecule has 0 bridgehead atoms. The van der Waals surface area contributed by atoms with Crippen molar-refractivity contribution in [3.63, 3.8) is 0 Å². The SMILES string of the molecule is CCOC(=O)[C@H](CC(C)C)N1C(=O)[C@@H](CC(=O)O)C[C@H](c2cccc(Cl)c2)C1c1ccc(Cl)cc1. The first kappa shape index (κ1) is 27.0. The number of likely N-dealkylation sites (tertiary alicyclic amines) is 1. The van der Waals surface area contributed by atoms with E-state index in [4.69, 9.17) is 27.9 Å². The smallest absolute Gasteiger partial charge is 0.328 e. The van der Waals surface area contributed by atoms with E-state index in [1.54, 1.807) is 30.0 Å². The first-order valence-electron chi connectivity index (χ1n) is 11.8. The molecule has 1 unspecified atom stereocenters. The zero-order valence-electron chi connectivity index (χ0n) is 20.1. The second-order valence-electron chi connectivity index (χ2n) is 9.33. The summed E-state index contributed by atoms with van der Waals surface area (Å²) < 4.78 is 5.39. The lowest BCUT2D eigenvalue weighted by atomic mass is 9.74. The minimum atomic E-state index is -1.06. The number of carbonyl (C=O) groups excluding carboxylic acids is 2. The van der Waals surface area contributed by atoms with Crippen LogP contribution in [0.25, 0.3) is 0 Å². The lowest BCUT2D eigenvalue weighted by molar-refractivity contribution is -0.164. The molecule has 1 aliphatic heterocycles. The largest absolute Gasteiger partial charge is 0.481 e. The highest BCUT2D eigenvalue weighted by Gasteiger charge is 2.48. The van der Waals surface area contributed by atoms with Crippen molar-refractivity contribution in [1.82, 2.24) is 4.90 Å². The van der Waals surface area contributed by atoms with Crippen molar-refractivity contribution < 1.29 is 24.2 Å². The van der Waals surface area contributed by atoms with Gasteiger partial charge in [0.1, 0.15) is 6.04 Å². The summed E-state index contributed by atoms with van der Waals surface area (Å²) >= 11 is 12.5. The van der Waals surface area contributed by atoms with Crippen molar-refractivity contribution in [2.75, 3.05) is 6.61 Å². The van der Waals surface area contributed by atoms with Gasteiger partial charge in [0.05, 0.1) is 19.1 Å². The molecule has 1 N–H and O–H groups in total. The molecule has 8 heteroatoms. The number of carbonyl (C=O) groups is 3. The molecule has 2 aromatic rings. The lowest BCUT2D eigenvalue weighted by Gasteiger charge is -2.47. The van der Waals surface area contributed by atoms with E-state index in [2.05, 4.69) is 0 Å². The minimum absolute atomic E-state index is 0.0903. The van der Waals surface area contributed by atoms with E-state index in [1.807, 2.05) is 44.2 Å². The van der Waals surface area contributed by atoms with Crippen LogP contribution in [0.15, 0.2) is 48.5 Å². The maximum atomic E-state index is 13.9. The minimum Gasteiger partial charge on any atom is -0.481 e. The number of hydrogen-bond donors (Lipinski definition) is 1. The number of carboxylic acid groups (broad SMARTS) is 1. The van der Waals surface area contributed by atoms with E-state index in [0.29, 0.717) is 22.9 Å². The van der Waals surface area contributed by atoms with Crippen molar-refractivity contribution >= 4 is 41.0 Å². The highest BCUT2D eigenvalue weighted by atomic mass is 35.5. The van der Waals surface area contributed by atoms with Crippen molar-refractivity contribution in [3.05, 3.63) is 69.7 Å². The molecular weight excluding hydrogens is 489 g/mol. The molecule has 1 amide bonds. The van der Waals surface area contributed by atoms with Gasteiger partial charge in [-0.3, -0.25) is 9.59 Å². The van der Waals surface area contributed by atoms with E-state index in [-0.39, 0.29) is 30.8 Å². The summed E-state index contributed by atoms with van der Waals surface area (Å²) in [5, 5.41) is 10.7. The summed E-state index contributed by atoms with van der Waals surface area (Å²) in [6.45, 7) is 5.85. The Morgan fingerprint density at radius 3 is 2.34 bits per heavy atom. The molecule has 2 aromatic carbocycles. The van der Waals surface area contributed by atoms with Gasteiger partial charge in [-0.05, 0) is 61.1 Å². The van der Waals surface area contributed by atoms with Gasteiger partial charge in [0.25, 0.3) is 0 Å². The first-order valence-corrected chi connectivity index (χ1v) is 12.6. The summed E-state index contributed by atoms with van der Waals surface area (Å²) in [7, 11) is 0. The molecule has 0 radical (unpaired) electrons. The summed E-state index contributed by atoms with van der Waals surface area (Å²) in [5.74, 6) is -2.90. The number of halogens is 2. The van der Waals surface area contributed by atoms with Gasteiger partial charge in [-0.2, -0.15) is 0 Å². The molecular formula is C27H31Cl2NO5. The fraction of sp³-hybridized carbons (Fsp3) is 0.444. The van der Waals surface area contributed by atoms with E-state index in [1.165, 1.54) is 0 Å². The predicted molar refractivity (Wildman–Crippen MR) is 135 cm³/mol. The molecule has 1 aliphatic rings. The molecule has 6 nitrogen and oxygen atoms in total. The number of rotatable bonds is 9. The molecule has 1 fully saturated rings. The van der Waals surface area contributed by atoms with Crippen LogP contribution >= 0.6 is 23.2 Å². The Morgan fingerprint density at radius 2 is 1.77 bits per heavy atom. The Labute approximate surface area is 216 Å². The van der Waals surface area contributed by atoms with Gasteiger partial charge >= 0.3 is 11.9 Å². The highest BCUT2D eigenvalue weighted by molar-refractivity contribution is 6.30. The Hall–Kier alpha value is -2.57. The van der Waals surface area contributed by atoms with E-state index in [0.717, 1.165) is 11.1 Å². The Bertz CT molecular complexity index is 1060. The van der Waals surface area contributed by atoms with Gasteiger partial charge in [0, 0.05) is 21.9 Å². The fourth-order valence-corrected chi connectivity index (χ4v) is 5.25. The third kappa shape index (κ3) is 6.56. The lowest BCUT2D eigenvalue weighted by Crippen LogP contribution is -2.55. The Kier molecular flexibility index (Phi) is 9.20. The van der Waals surface area contributed by atoms with Crippen LogP contribution in [-0.2, 0) is 19.1 Å². The number of hydrogen-bond acceptors (Lipinski definition) is 4. The van der Waals surface area contributed by atoms with Crippen LogP contribution < -0.4 is 0 Å². The van der Waals surface area contributed by atoms with Gasteiger partial charge in [-0.25, -0.2) is 4.79 Å². The number of esters is 1. The summed E-state index contributed by atoms with van der Waals surface area (Å²) in [6, 6.07) is 13.2. The van der Waals surface area contributed by atoms with Gasteiger partial charge < -0.3 is 14.7 Å². The molecule has 188 valence electrons. The molecule has 35 heavy (non-hydrogen) atoms. The molecule has 0 aliphatic carbocycles. The molecule has 0 spiro atoms. The van der Waals surface area contributed by atoms with Crippen LogP contribution in [0.3, 0.4) is 0 Å². The van der Waals surface area contributed by atoms with Gasteiger partial charge in [0.15, 0.2) is 0 Å². The van der Waals surface area contributed by atoms with Gasteiger partial charge in [-0.1, -0.05) is 61.3 Å². The zero-order valence-corrected chi connectivity index (χ0v) is 21.6. The van der Waals surface area contributed by atoms with E-state index < -0.39 is 29.9 Å². The number of ether oxygens (including phenoxy) is 1. The summed E-state index contributed by atoms with van der Waals surface area (Å²) in [4.78, 5) is 40.4. The quantitative estimate of drug-likeness (QED) is 0.403. The van der Waals surface area contributed by atoms with E-state index in [9.17, 15) is 19.5 Å². The molecule has 1 heterocycles. The number of nitrogens with zero attached hydrogens (tertiary/aromatic N) is 1. The third-order valence-electron chi connectivity index (χ3n) is 6.32. The maximum Gasteiger partial charge on any atom is 0.328 e. The van der Waals surface area contributed by atoms with Crippen LogP contribution in [0.1, 0.15) is 63.1 Å². The second-order valence-corrected chi connectivity index (χ2v) is 10.2. The number of piperidine rings is 1. The molecule has 1 saturated heterocycles. The average Bonchev–Trinajstić information content (AvgIpc) is 2.79. The highest BCUT2D eigenvalue weighted by Crippen LogP contribution is 2.48. The van der Waals surface area contributed by atoms with Crippen molar-refractivity contribution in [2.24, 2.45) is 11.8 Å². The third-order valence-corrected chi connectivity index (χ3v) is 6.81. The van der Waals surface area contributed by atoms with Crippen LogP contribution in [0.4, 0.5) is 0 Å². The zero-order chi connectivity index (χ0) is 25.7. The normalized spacial score (nSPS) is 21.1. The van der Waals surface area contributed by atoms with Crippen LogP contribution in [0, 0.1) is 11.8 Å². The Morgan fingerprint density at radius 1 is 1.09 bits per heavy atom. The topological polar surface area (TPSA) is 83.9 Å². The monoisotopic (exact) mass is 519 g/mol. The van der Waals surface area contributed by atoms with Crippen molar-refractivity contribution in [1.29, 1.82) is 0 Å². The van der Waals surface area contributed by atoms with Crippen LogP contribution in [0.5, 0.6) is 0 Å². The number of aliphatic carboxylic acids is 1. The Balaban J connectivity index is 2.23. The number of carboxylic acids is 1. The van der Waals surface area contributed by atoms with Gasteiger partial charge in [0.2, 0.25) is 5.91 Å². The summed E-state index contributed by atoms with van der Waals surface area (Å²) in [5.41, 5.74) is 1.68. The summed E-state index contributed by atoms with van der Waals surface area (Å²) in [6.07, 6.45) is 0.375. The van der Waals surface area contributed by atoms with E-state index >= 15 is 0 Å². The molecule has 4 atom stereocenters. The average molecular weight is 520 g/mol. The molecule has 0 aromatic heterocycles. The molecule has 3 rings (SSSR count). The van der Waals surface area contributed by atoms with Crippen molar-refractivity contribution in [2.45, 2.75) is 58.0 Å². The number of benzene rings is 2. The second kappa shape index (κ2) is 11.9. The van der Waals surface area contributed by atoms with Crippen LogP contribution in [-0.4, -0.2) is 40.5 Å². The van der Waals surface area contributed by atoms with Gasteiger partial charge in [-0.15, -0.1) is 0 Å². The molecule has 0 saturated carbocycles. The standard InChI is InChI=1S/C27H31Cl2NO5/c1-4-35-27(34)23(12-16(2)3)30-25(17-8-10-20(28)11-9-17)22(18-6-5-7-21(29)13-18)14-19(26(30)33)15-24(31)32/h5-11,13,16,19,22-23,25H,4,12,14-15H2,1-3H3,(H,31,32)/t19-,22-,23+,25?/m1/s1. The predicted octanol–water partition coefficient (Wildman–Crippen LogP) is 6.12. The number of amides is 1. The van der Waals surface area contributed by atoms with Crippen molar-refractivity contribution in [3.8, 4) is 0 Å².